The van der Waals surface area contributed by atoms with Crippen LogP contribution in [0.4, 0.5) is 4.39 Å². The standard InChI is InChI=1S/C29H42FNO/c1-2-3-4-5-6-9-24-10-7-12-27(20-24)26-16-13-23(14-17-26)11-8-19-32-29-18-15-25(22-31)21-28(29)30/h8,11,15,18,21,23-24,26-27H,2-7,9-10,12-14,16-17,19-20H2,1H3/b11-8+. The molecule has 1 aromatic carbocycles. The van der Waals surface area contributed by atoms with Crippen molar-refractivity contribution in [2.24, 2.45) is 23.7 Å². The number of allylic oxidation sites excluding steroid dienone is 1. The van der Waals surface area contributed by atoms with Gasteiger partial charge in [0.2, 0.25) is 0 Å². The molecule has 1 aromatic rings. The maximum absolute atomic E-state index is 13.9. The summed E-state index contributed by atoms with van der Waals surface area (Å²) in [5, 5.41) is 8.82. The number of hydrogen-bond donors (Lipinski definition) is 0. The second-order valence-corrected chi connectivity index (χ2v) is 10.2. The van der Waals surface area contributed by atoms with E-state index < -0.39 is 5.82 Å². The molecule has 2 unspecified atom stereocenters. The van der Waals surface area contributed by atoms with Crippen molar-refractivity contribution in [2.75, 3.05) is 6.61 Å². The molecule has 0 aliphatic heterocycles. The van der Waals surface area contributed by atoms with Gasteiger partial charge in [0.05, 0.1) is 11.6 Å². The molecule has 2 nitrogen and oxygen atoms in total. The summed E-state index contributed by atoms with van der Waals surface area (Å²) < 4.78 is 19.4. The Morgan fingerprint density at radius 1 is 1.03 bits per heavy atom. The molecule has 0 amide bonds. The molecule has 2 aliphatic rings. The van der Waals surface area contributed by atoms with Crippen LogP contribution in [0.2, 0.25) is 0 Å². The molecule has 2 atom stereocenters. The minimum absolute atomic E-state index is 0.217. The summed E-state index contributed by atoms with van der Waals surface area (Å²) in [5.74, 6) is 3.29. The molecule has 0 bridgehead atoms. The van der Waals surface area contributed by atoms with Crippen LogP contribution in [0, 0.1) is 40.8 Å². The highest BCUT2D eigenvalue weighted by atomic mass is 19.1. The highest BCUT2D eigenvalue weighted by Gasteiger charge is 2.30. The van der Waals surface area contributed by atoms with Gasteiger partial charge in [-0.15, -0.1) is 0 Å². The molecule has 2 saturated carbocycles. The Labute approximate surface area is 195 Å². The molecule has 2 fully saturated rings. The SMILES string of the molecule is CCCCCCCC1CCCC(C2CCC(/C=C/COc3ccc(C#N)cc3F)CC2)C1. The molecule has 0 aromatic heterocycles. The summed E-state index contributed by atoms with van der Waals surface area (Å²) >= 11 is 0. The van der Waals surface area contributed by atoms with Gasteiger partial charge in [-0.3, -0.25) is 0 Å². The van der Waals surface area contributed by atoms with Gasteiger partial charge in [-0.1, -0.05) is 76.9 Å². The van der Waals surface area contributed by atoms with Gasteiger partial charge in [-0.05, 0) is 74.0 Å². The molecule has 0 spiro atoms. The van der Waals surface area contributed by atoms with Crippen LogP contribution in [0.15, 0.2) is 30.4 Å². The van der Waals surface area contributed by atoms with Gasteiger partial charge < -0.3 is 4.74 Å². The Morgan fingerprint density at radius 3 is 2.59 bits per heavy atom. The van der Waals surface area contributed by atoms with Crippen LogP contribution in [-0.4, -0.2) is 6.61 Å². The molecule has 3 rings (SSSR count). The average molecular weight is 440 g/mol. The number of hydrogen-bond acceptors (Lipinski definition) is 2. The van der Waals surface area contributed by atoms with Crippen molar-refractivity contribution in [1.82, 2.24) is 0 Å². The minimum atomic E-state index is -0.468. The third kappa shape index (κ3) is 7.95. The Balaban J connectivity index is 1.33. The fourth-order valence-corrected chi connectivity index (χ4v) is 5.94. The van der Waals surface area contributed by atoms with Crippen LogP contribution < -0.4 is 4.74 Å². The lowest BCUT2D eigenvalue weighted by Gasteiger charge is -2.38. The maximum atomic E-state index is 13.9. The van der Waals surface area contributed by atoms with E-state index in [9.17, 15) is 4.39 Å². The molecule has 0 N–H and O–H groups in total. The molecule has 176 valence electrons. The first kappa shape index (κ1) is 24.8. The second-order valence-electron chi connectivity index (χ2n) is 10.2. The van der Waals surface area contributed by atoms with E-state index in [4.69, 9.17) is 10.00 Å². The largest absolute Gasteiger partial charge is 0.486 e. The second kappa shape index (κ2) is 13.7. The third-order valence-electron chi connectivity index (χ3n) is 7.83. The van der Waals surface area contributed by atoms with E-state index in [0.717, 1.165) is 17.8 Å². The van der Waals surface area contributed by atoms with E-state index >= 15 is 0 Å². The van der Waals surface area contributed by atoms with Crippen LogP contribution in [0.3, 0.4) is 0 Å². The molecule has 32 heavy (non-hydrogen) atoms. The number of benzene rings is 1. The number of nitriles is 1. The van der Waals surface area contributed by atoms with E-state index in [0.29, 0.717) is 18.1 Å². The van der Waals surface area contributed by atoms with E-state index in [1.807, 2.05) is 12.1 Å². The molecule has 0 saturated heterocycles. The van der Waals surface area contributed by atoms with Crippen LogP contribution in [0.25, 0.3) is 0 Å². The van der Waals surface area contributed by atoms with Crippen molar-refractivity contribution >= 4 is 0 Å². The predicted molar refractivity (Wildman–Crippen MR) is 130 cm³/mol. The summed E-state index contributed by atoms with van der Waals surface area (Å²) in [6.45, 7) is 2.67. The zero-order chi connectivity index (χ0) is 22.6. The monoisotopic (exact) mass is 439 g/mol. The van der Waals surface area contributed by atoms with E-state index in [2.05, 4.69) is 13.0 Å². The van der Waals surface area contributed by atoms with Gasteiger partial charge >= 0.3 is 0 Å². The van der Waals surface area contributed by atoms with Crippen molar-refractivity contribution in [3.8, 4) is 11.8 Å². The van der Waals surface area contributed by atoms with E-state index in [1.165, 1.54) is 102 Å². The summed E-state index contributed by atoms with van der Waals surface area (Å²) in [4.78, 5) is 0. The van der Waals surface area contributed by atoms with Crippen LogP contribution >= 0.6 is 0 Å². The molecular formula is C29H42FNO. The zero-order valence-electron chi connectivity index (χ0n) is 20.0. The van der Waals surface area contributed by atoms with Crippen molar-refractivity contribution in [2.45, 2.75) is 96.8 Å². The normalized spacial score (nSPS) is 26.2. The number of ether oxygens (including phenoxy) is 1. The number of nitrogens with zero attached hydrogens (tertiary/aromatic N) is 1. The molecule has 0 radical (unpaired) electrons. The zero-order valence-corrected chi connectivity index (χ0v) is 20.0. The first-order chi connectivity index (χ1) is 15.7. The Kier molecular flexibility index (Phi) is 10.6. The van der Waals surface area contributed by atoms with Crippen molar-refractivity contribution in [3.63, 3.8) is 0 Å². The van der Waals surface area contributed by atoms with Gasteiger partial charge in [-0.2, -0.15) is 5.26 Å². The van der Waals surface area contributed by atoms with Crippen molar-refractivity contribution < 1.29 is 9.13 Å². The first-order valence-electron chi connectivity index (χ1n) is 13.2. The predicted octanol–water partition coefficient (Wildman–Crippen LogP) is 8.61. The van der Waals surface area contributed by atoms with Crippen LogP contribution in [0.1, 0.15) is 102 Å². The van der Waals surface area contributed by atoms with Crippen LogP contribution in [0.5, 0.6) is 5.75 Å². The van der Waals surface area contributed by atoms with Crippen molar-refractivity contribution in [1.29, 1.82) is 5.26 Å². The summed E-state index contributed by atoms with van der Waals surface area (Å²) in [7, 11) is 0. The van der Waals surface area contributed by atoms with Gasteiger partial charge in [-0.25, -0.2) is 4.39 Å². The van der Waals surface area contributed by atoms with Crippen LogP contribution in [-0.2, 0) is 0 Å². The fourth-order valence-electron chi connectivity index (χ4n) is 5.94. The number of rotatable bonds is 11. The number of unbranched alkanes of at least 4 members (excludes halogenated alkanes) is 4. The molecule has 2 aliphatic carbocycles. The van der Waals surface area contributed by atoms with E-state index in [-0.39, 0.29) is 5.75 Å². The lowest BCUT2D eigenvalue weighted by Crippen LogP contribution is -2.26. The molecule has 3 heteroatoms. The van der Waals surface area contributed by atoms with Gasteiger partial charge in [0.1, 0.15) is 6.61 Å². The first-order valence-corrected chi connectivity index (χ1v) is 13.2. The maximum Gasteiger partial charge on any atom is 0.166 e. The Bertz CT molecular complexity index is 744. The Hall–Kier alpha value is -1.82. The highest BCUT2D eigenvalue weighted by molar-refractivity contribution is 5.36. The fraction of sp³-hybridized carbons (Fsp3) is 0.690. The Morgan fingerprint density at radius 2 is 1.84 bits per heavy atom. The summed E-state index contributed by atoms with van der Waals surface area (Å²) in [6, 6.07) is 6.29. The van der Waals surface area contributed by atoms with Gasteiger partial charge in [0, 0.05) is 0 Å². The van der Waals surface area contributed by atoms with Gasteiger partial charge in [0.25, 0.3) is 0 Å². The lowest BCUT2D eigenvalue weighted by atomic mass is 9.68. The van der Waals surface area contributed by atoms with Gasteiger partial charge in [0.15, 0.2) is 11.6 Å². The van der Waals surface area contributed by atoms with E-state index in [1.54, 1.807) is 6.07 Å². The lowest BCUT2D eigenvalue weighted by molar-refractivity contribution is 0.143. The third-order valence-corrected chi connectivity index (χ3v) is 7.83. The topological polar surface area (TPSA) is 33.0 Å². The quantitative estimate of drug-likeness (QED) is 0.255. The number of halogens is 1. The smallest absolute Gasteiger partial charge is 0.166 e. The van der Waals surface area contributed by atoms with Crippen molar-refractivity contribution in [3.05, 3.63) is 41.7 Å². The summed E-state index contributed by atoms with van der Waals surface area (Å²) in [6.07, 6.45) is 24.0. The average Bonchev–Trinajstić information content (AvgIpc) is 2.83. The highest BCUT2D eigenvalue weighted by Crippen LogP contribution is 2.43. The molecule has 0 heterocycles. The minimum Gasteiger partial charge on any atom is -0.486 e. The molecular weight excluding hydrogens is 397 g/mol. The summed E-state index contributed by atoms with van der Waals surface area (Å²) in [5.41, 5.74) is 0.318.